The van der Waals surface area contributed by atoms with E-state index >= 15 is 0 Å². The monoisotopic (exact) mass is 219 g/mol. The van der Waals surface area contributed by atoms with Crippen LogP contribution in [-0.4, -0.2) is 33.5 Å². The molecular formula is C11H17N5. The van der Waals surface area contributed by atoms with Crippen molar-refractivity contribution < 1.29 is 0 Å². The third-order valence-corrected chi connectivity index (χ3v) is 2.28. The van der Waals surface area contributed by atoms with E-state index in [4.69, 9.17) is 0 Å². The molecule has 0 amide bonds. The molecule has 5 nitrogen and oxygen atoms in total. The molecule has 0 saturated heterocycles. The Morgan fingerprint density at radius 2 is 2.00 bits per heavy atom. The van der Waals surface area contributed by atoms with Gasteiger partial charge in [0.25, 0.3) is 0 Å². The maximum absolute atomic E-state index is 4.31. The smallest absolute Gasteiger partial charge is 0.182 e. The normalized spacial score (nSPS) is 12.0. The first-order valence-electron chi connectivity index (χ1n) is 5.32. The first-order valence-corrected chi connectivity index (χ1v) is 5.32. The summed E-state index contributed by atoms with van der Waals surface area (Å²) in [5.41, 5.74) is 1.84. The molecule has 0 saturated carbocycles. The van der Waals surface area contributed by atoms with Gasteiger partial charge in [0.15, 0.2) is 11.5 Å². The zero-order valence-electron chi connectivity index (χ0n) is 10.2. The third-order valence-electron chi connectivity index (χ3n) is 2.28. The van der Waals surface area contributed by atoms with Crippen molar-refractivity contribution in [2.24, 2.45) is 5.41 Å². The third kappa shape index (κ3) is 2.13. The molecule has 2 aromatic rings. The fourth-order valence-corrected chi connectivity index (χ4v) is 1.83. The Hall–Kier alpha value is -1.65. The fourth-order valence-electron chi connectivity index (χ4n) is 1.83. The Kier molecular flexibility index (Phi) is 2.53. The predicted molar refractivity (Wildman–Crippen MR) is 64.4 cm³/mol. The topological polar surface area (TPSA) is 57.7 Å². The van der Waals surface area contributed by atoms with Crippen molar-refractivity contribution in [3.05, 3.63) is 12.7 Å². The number of aromatic nitrogens is 4. The summed E-state index contributed by atoms with van der Waals surface area (Å²) >= 11 is 0. The van der Waals surface area contributed by atoms with Gasteiger partial charge in [-0.2, -0.15) is 0 Å². The molecule has 0 aliphatic heterocycles. The maximum Gasteiger partial charge on any atom is 0.182 e. The van der Waals surface area contributed by atoms with Gasteiger partial charge >= 0.3 is 0 Å². The van der Waals surface area contributed by atoms with Gasteiger partial charge in [-0.1, -0.05) is 20.8 Å². The quantitative estimate of drug-likeness (QED) is 0.837. The number of H-pyrrole nitrogens is 1. The average Bonchev–Trinajstić information content (AvgIpc) is 2.61. The molecule has 0 bridgehead atoms. The first-order chi connectivity index (χ1) is 7.47. The van der Waals surface area contributed by atoms with Crippen LogP contribution in [0.5, 0.6) is 0 Å². The lowest BCUT2D eigenvalue weighted by Crippen LogP contribution is -2.29. The van der Waals surface area contributed by atoms with Crippen molar-refractivity contribution in [2.45, 2.75) is 20.8 Å². The second kappa shape index (κ2) is 3.73. The lowest BCUT2D eigenvalue weighted by atomic mass is 9.96. The Labute approximate surface area is 94.9 Å². The Balaban J connectivity index is 2.36. The highest BCUT2D eigenvalue weighted by Crippen LogP contribution is 2.22. The zero-order valence-corrected chi connectivity index (χ0v) is 10.2. The molecular weight excluding hydrogens is 202 g/mol. The molecule has 5 heteroatoms. The summed E-state index contributed by atoms with van der Waals surface area (Å²) < 4.78 is 0. The molecule has 0 unspecified atom stereocenters. The minimum absolute atomic E-state index is 0.228. The lowest BCUT2D eigenvalue weighted by Gasteiger charge is -2.27. The van der Waals surface area contributed by atoms with Crippen LogP contribution in [0, 0.1) is 5.41 Å². The molecule has 0 aromatic carbocycles. The minimum Gasteiger partial charge on any atom is -0.357 e. The fraction of sp³-hybridized carbons (Fsp3) is 0.545. The molecule has 1 N–H and O–H groups in total. The van der Waals surface area contributed by atoms with Gasteiger partial charge in [0.2, 0.25) is 0 Å². The number of anilines is 1. The number of nitrogens with one attached hydrogen (secondary N) is 1. The molecule has 0 aliphatic rings. The highest BCUT2D eigenvalue weighted by molar-refractivity contribution is 5.82. The van der Waals surface area contributed by atoms with E-state index in [1.54, 1.807) is 12.7 Å². The number of aromatic amines is 1. The summed E-state index contributed by atoms with van der Waals surface area (Å²) in [5.74, 6) is 0.900. The van der Waals surface area contributed by atoms with Crippen LogP contribution < -0.4 is 4.90 Å². The Bertz CT molecular complexity index is 482. The SMILES string of the molecule is CN(CC(C)(C)C)c1ncnc2nc[nH]c12. The number of imidazole rings is 1. The van der Waals surface area contributed by atoms with E-state index in [0.29, 0.717) is 5.65 Å². The van der Waals surface area contributed by atoms with Crippen LogP contribution in [0.15, 0.2) is 12.7 Å². The van der Waals surface area contributed by atoms with Crippen LogP contribution in [0.4, 0.5) is 5.82 Å². The summed E-state index contributed by atoms with van der Waals surface area (Å²) in [7, 11) is 2.04. The van der Waals surface area contributed by atoms with Crippen LogP contribution in [0.1, 0.15) is 20.8 Å². The summed E-state index contributed by atoms with van der Waals surface area (Å²) in [6.07, 6.45) is 3.20. The second-order valence-electron chi connectivity index (χ2n) is 5.22. The minimum atomic E-state index is 0.228. The van der Waals surface area contributed by atoms with Crippen molar-refractivity contribution in [1.29, 1.82) is 0 Å². The van der Waals surface area contributed by atoms with Gasteiger partial charge in [-0.05, 0) is 5.41 Å². The van der Waals surface area contributed by atoms with Gasteiger partial charge in [-0.15, -0.1) is 0 Å². The molecule has 2 aromatic heterocycles. The van der Waals surface area contributed by atoms with Crippen LogP contribution in [0.25, 0.3) is 11.2 Å². The van der Waals surface area contributed by atoms with E-state index in [9.17, 15) is 0 Å². The largest absolute Gasteiger partial charge is 0.357 e. The van der Waals surface area contributed by atoms with Crippen LogP contribution in [-0.2, 0) is 0 Å². The number of hydrogen-bond acceptors (Lipinski definition) is 4. The predicted octanol–water partition coefficient (Wildman–Crippen LogP) is 1.84. The van der Waals surface area contributed by atoms with Crippen molar-refractivity contribution in [3.63, 3.8) is 0 Å². The molecule has 0 radical (unpaired) electrons. The van der Waals surface area contributed by atoms with E-state index in [1.807, 2.05) is 7.05 Å². The molecule has 0 spiro atoms. The number of hydrogen-bond donors (Lipinski definition) is 1. The Morgan fingerprint density at radius 3 is 2.69 bits per heavy atom. The highest BCUT2D eigenvalue weighted by atomic mass is 15.2. The van der Waals surface area contributed by atoms with E-state index < -0.39 is 0 Å². The van der Waals surface area contributed by atoms with Gasteiger partial charge in [0, 0.05) is 13.6 Å². The summed E-state index contributed by atoms with van der Waals surface area (Å²) in [5, 5.41) is 0. The zero-order chi connectivity index (χ0) is 11.8. The van der Waals surface area contributed by atoms with E-state index in [2.05, 4.69) is 45.6 Å². The average molecular weight is 219 g/mol. The molecule has 2 rings (SSSR count). The van der Waals surface area contributed by atoms with Gasteiger partial charge in [0.1, 0.15) is 11.8 Å². The molecule has 16 heavy (non-hydrogen) atoms. The number of nitrogens with zero attached hydrogens (tertiary/aromatic N) is 4. The summed E-state index contributed by atoms with van der Waals surface area (Å²) in [6, 6.07) is 0. The lowest BCUT2D eigenvalue weighted by molar-refractivity contribution is 0.418. The van der Waals surface area contributed by atoms with Gasteiger partial charge in [-0.3, -0.25) is 0 Å². The highest BCUT2D eigenvalue weighted by Gasteiger charge is 2.17. The molecule has 0 fully saturated rings. The van der Waals surface area contributed by atoms with Crippen molar-refractivity contribution in [1.82, 2.24) is 19.9 Å². The number of fused-ring (bicyclic) bond motifs is 1. The van der Waals surface area contributed by atoms with E-state index in [-0.39, 0.29) is 5.41 Å². The van der Waals surface area contributed by atoms with E-state index in [0.717, 1.165) is 17.9 Å². The van der Waals surface area contributed by atoms with Crippen molar-refractivity contribution >= 4 is 17.0 Å². The van der Waals surface area contributed by atoms with Gasteiger partial charge < -0.3 is 9.88 Å². The van der Waals surface area contributed by atoms with Crippen LogP contribution in [0.3, 0.4) is 0 Å². The van der Waals surface area contributed by atoms with Crippen LogP contribution >= 0.6 is 0 Å². The summed E-state index contributed by atoms with van der Waals surface area (Å²) in [4.78, 5) is 17.7. The second-order valence-corrected chi connectivity index (χ2v) is 5.22. The molecule has 0 aliphatic carbocycles. The van der Waals surface area contributed by atoms with E-state index in [1.165, 1.54) is 0 Å². The van der Waals surface area contributed by atoms with Gasteiger partial charge in [-0.25, -0.2) is 15.0 Å². The van der Waals surface area contributed by atoms with Crippen molar-refractivity contribution in [2.75, 3.05) is 18.5 Å². The molecule has 0 atom stereocenters. The standard InChI is InChI=1S/C11H17N5/c1-11(2,3)5-16(4)10-8-9(13-6-12-8)14-7-15-10/h6-7H,5H2,1-4H3,(H,12,13,14,15). The van der Waals surface area contributed by atoms with Crippen molar-refractivity contribution in [3.8, 4) is 0 Å². The van der Waals surface area contributed by atoms with Crippen LogP contribution in [0.2, 0.25) is 0 Å². The maximum atomic E-state index is 4.31. The molecule has 2 heterocycles. The number of rotatable bonds is 2. The first kappa shape index (κ1) is 10.9. The summed E-state index contributed by atoms with van der Waals surface area (Å²) in [6.45, 7) is 7.54. The van der Waals surface area contributed by atoms with Gasteiger partial charge in [0.05, 0.1) is 6.33 Å². The Morgan fingerprint density at radius 1 is 1.25 bits per heavy atom. The molecule has 86 valence electrons.